The Morgan fingerprint density at radius 2 is 2.08 bits per heavy atom. The molecule has 130 valence electrons. The highest BCUT2D eigenvalue weighted by Gasteiger charge is 2.55. The largest absolute Gasteiger partial charge is 0.458 e. The van der Waals surface area contributed by atoms with Crippen LogP contribution in [0.4, 0.5) is 5.69 Å². The molecular weight excluding hydrogens is 326 g/mol. The molecule has 24 heavy (non-hydrogen) atoms. The van der Waals surface area contributed by atoms with E-state index in [1.54, 1.807) is 19.2 Å². The Balaban J connectivity index is 1.74. The summed E-state index contributed by atoms with van der Waals surface area (Å²) in [5.74, 6) is 0.0247. The van der Waals surface area contributed by atoms with Gasteiger partial charge in [-0.15, -0.1) is 11.8 Å². The minimum Gasteiger partial charge on any atom is -0.458 e. The maximum absolute atomic E-state index is 12.5. The van der Waals surface area contributed by atoms with Gasteiger partial charge in [-0.25, -0.2) is 4.79 Å². The summed E-state index contributed by atoms with van der Waals surface area (Å²) in [6.07, 6.45) is 2.59. The molecule has 1 N–H and O–H groups in total. The molecule has 6 heteroatoms. The van der Waals surface area contributed by atoms with Gasteiger partial charge in [0.2, 0.25) is 5.91 Å². The third kappa shape index (κ3) is 2.82. The molecule has 5 nitrogen and oxygen atoms in total. The summed E-state index contributed by atoms with van der Waals surface area (Å²) in [4.78, 5) is 25.0. The van der Waals surface area contributed by atoms with E-state index in [-0.39, 0.29) is 29.5 Å². The maximum atomic E-state index is 12.5. The summed E-state index contributed by atoms with van der Waals surface area (Å²) in [6.45, 7) is 4.22. The summed E-state index contributed by atoms with van der Waals surface area (Å²) in [6, 6.07) is 5.33. The molecular formula is C18H23NO4S. The third-order valence-electron chi connectivity index (χ3n) is 5.41. The van der Waals surface area contributed by atoms with Crippen molar-refractivity contribution in [2.75, 3.05) is 18.2 Å². The van der Waals surface area contributed by atoms with Crippen molar-refractivity contribution in [2.45, 2.75) is 50.2 Å². The Morgan fingerprint density at radius 1 is 1.33 bits per heavy atom. The second-order valence-electron chi connectivity index (χ2n) is 6.34. The molecule has 1 aromatic rings. The molecule has 2 atom stereocenters. The molecule has 1 aliphatic heterocycles. The summed E-state index contributed by atoms with van der Waals surface area (Å²) in [7, 11) is 1.71. The summed E-state index contributed by atoms with van der Waals surface area (Å²) >= 11 is 1.48. The standard InChI is InChI=1S/C18H23NO4S/c1-4-18(5-2)14(22-3)9-15(18)23-17(21)11-6-7-13-12(8-11)19-16(20)10-24-13/h6-8,14-15H,4-5,9-10H2,1-3H3,(H,19,20)/t14-,15-/m0/s1. The van der Waals surface area contributed by atoms with Crippen molar-refractivity contribution in [3.63, 3.8) is 0 Å². The summed E-state index contributed by atoms with van der Waals surface area (Å²) in [5, 5.41) is 2.80. The number of anilines is 1. The molecule has 0 radical (unpaired) electrons. The van der Waals surface area contributed by atoms with E-state index in [9.17, 15) is 9.59 Å². The van der Waals surface area contributed by atoms with Crippen LogP contribution in [0.5, 0.6) is 0 Å². The van der Waals surface area contributed by atoms with Gasteiger partial charge in [0.05, 0.1) is 23.1 Å². The van der Waals surface area contributed by atoms with Crippen LogP contribution in [0.2, 0.25) is 0 Å². The molecule has 3 rings (SSSR count). The zero-order chi connectivity index (χ0) is 17.3. The minimum atomic E-state index is -0.339. The molecule has 1 aliphatic carbocycles. The van der Waals surface area contributed by atoms with E-state index < -0.39 is 0 Å². The highest BCUT2D eigenvalue weighted by atomic mass is 32.2. The molecule has 0 aromatic heterocycles. The number of thioether (sulfide) groups is 1. The molecule has 1 amide bonds. The van der Waals surface area contributed by atoms with Crippen molar-refractivity contribution >= 4 is 29.3 Å². The van der Waals surface area contributed by atoms with E-state index in [1.807, 2.05) is 6.07 Å². The minimum absolute atomic E-state index is 0.0454. The molecule has 0 unspecified atom stereocenters. The van der Waals surface area contributed by atoms with Gasteiger partial charge in [0, 0.05) is 23.8 Å². The van der Waals surface area contributed by atoms with Crippen LogP contribution in [0.1, 0.15) is 43.5 Å². The number of methoxy groups -OCH3 is 1. The highest BCUT2D eigenvalue weighted by molar-refractivity contribution is 8.00. The van der Waals surface area contributed by atoms with Gasteiger partial charge in [0.1, 0.15) is 6.10 Å². The molecule has 0 bridgehead atoms. The number of benzene rings is 1. The van der Waals surface area contributed by atoms with Gasteiger partial charge in [-0.3, -0.25) is 4.79 Å². The lowest BCUT2D eigenvalue weighted by atomic mass is 9.60. The number of hydrogen-bond donors (Lipinski definition) is 1. The third-order valence-corrected chi connectivity index (χ3v) is 6.48. The first-order valence-corrected chi connectivity index (χ1v) is 9.33. The van der Waals surface area contributed by atoms with E-state index in [2.05, 4.69) is 19.2 Å². The molecule has 0 spiro atoms. The number of amides is 1. The van der Waals surface area contributed by atoms with Gasteiger partial charge in [0.15, 0.2) is 0 Å². The Bertz CT molecular complexity index is 656. The van der Waals surface area contributed by atoms with Gasteiger partial charge in [-0.1, -0.05) is 13.8 Å². The molecule has 0 saturated heterocycles. The smallest absolute Gasteiger partial charge is 0.338 e. The monoisotopic (exact) mass is 349 g/mol. The normalized spacial score (nSPS) is 24.5. The van der Waals surface area contributed by atoms with E-state index >= 15 is 0 Å². The number of rotatable bonds is 5. The average Bonchev–Trinajstić information content (AvgIpc) is 2.58. The number of carbonyl (C=O) groups is 2. The molecule has 2 aliphatic rings. The van der Waals surface area contributed by atoms with Crippen molar-refractivity contribution in [1.82, 2.24) is 0 Å². The van der Waals surface area contributed by atoms with Crippen LogP contribution in [0.15, 0.2) is 23.1 Å². The first-order chi connectivity index (χ1) is 11.5. The lowest BCUT2D eigenvalue weighted by Gasteiger charge is -2.53. The van der Waals surface area contributed by atoms with Crippen LogP contribution < -0.4 is 5.32 Å². The first kappa shape index (κ1) is 17.3. The highest BCUT2D eigenvalue weighted by Crippen LogP contribution is 2.50. The second kappa shape index (κ2) is 6.76. The van der Waals surface area contributed by atoms with Crippen LogP contribution in [-0.2, 0) is 14.3 Å². The van der Waals surface area contributed by atoms with E-state index in [0.717, 1.165) is 24.2 Å². The zero-order valence-corrected chi connectivity index (χ0v) is 15.1. The van der Waals surface area contributed by atoms with Crippen LogP contribution >= 0.6 is 11.8 Å². The lowest BCUT2D eigenvalue weighted by Crippen LogP contribution is -2.58. The van der Waals surface area contributed by atoms with Crippen molar-refractivity contribution < 1.29 is 19.1 Å². The van der Waals surface area contributed by atoms with E-state index in [0.29, 0.717) is 17.0 Å². The van der Waals surface area contributed by atoms with Crippen LogP contribution in [0.25, 0.3) is 0 Å². The lowest BCUT2D eigenvalue weighted by molar-refractivity contribution is -0.186. The summed E-state index contributed by atoms with van der Waals surface area (Å²) in [5.41, 5.74) is 1.06. The topological polar surface area (TPSA) is 64.6 Å². The van der Waals surface area contributed by atoms with Crippen molar-refractivity contribution in [3.05, 3.63) is 23.8 Å². The zero-order valence-electron chi connectivity index (χ0n) is 14.3. The second-order valence-corrected chi connectivity index (χ2v) is 7.36. The predicted octanol–water partition coefficient (Wildman–Crippen LogP) is 3.48. The maximum Gasteiger partial charge on any atom is 0.338 e. The SMILES string of the molecule is CCC1(CC)[C@@H](OC)C[C@@H]1OC(=O)c1ccc2c(c1)NC(=O)CS2. The van der Waals surface area contributed by atoms with Crippen LogP contribution in [-0.4, -0.2) is 36.9 Å². The Labute approximate surface area is 146 Å². The predicted molar refractivity (Wildman–Crippen MR) is 93.4 cm³/mol. The molecule has 1 aromatic carbocycles. The van der Waals surface area contributed by atoms with Gasteiger partial charge >= 0.3 is 5.97 Å². The quantitative estimate of drug-likeness (QED) is 0.825. The number of esters is 1. The molecule has 1 heterocycles. The summed E-state index contributed by atoms with van der Waals surface area (Å²) < 4.78 is 11.3. The van der Waals surface area contributed by atoms with Gasteiger partial charge in [0.25, 0.3) is 0 Å². The number of nitrogens with one attached hydrogen (secondary N) is 1. The van der Waals surface area contributed by atoms with Gasteiger partial charge in [-0.2, -0.15) is 0 Å². The number of ether oxygens (including phenoxy) is 2. The number of carbonyl (C=O) groups excluding carboxylic acids is 2. The Kier molecular flexibility index (Phi) is 4.88. The van der Waals surface area contributed by atoms with Gasteiger partial charge in [-0.05, 0) is 31.0 Å². The van der Waals surface area contributed by atoms with E-state index in [1.165, 1.54) is 11.8 Å². The van der Waals surface area contributed by atoms with E-state index in [4.69, 9.17) is 9.47 Å². The number of fused-ring (bicyclic) bond motifs is 1. The van der Waals surface area contributed by atoms with Crippen molar-refractivity contribution in [2.24, 2.45) is 5.41 Å². The number of hydrogen-bond acceptors (Lipinski definition) is 5. The molecule has 1 fully saturated rings. The van der Waals surface area contributed by atoms with Crippen molar-refractivity contribution in [3.8, 4) is 0 Å². The van der Waals surface area contributed by atoms with Crippen LogP contribution in [0.3, 0.4) is 0 Å². The fourth-order valence-corrected chi connectivity index (χ4v) is 4.56. The fraction of sp³-hybridized carbons (Fsp3) is 0.556. The van der Waals surface area contributed by atoms with Gasteiger partial charge < -0.3 is 14.8 Å². The average molecular weight is 349 g/mol. The van der Waals surface area contributed by atoms with Crippen molar-refractivity contribution in [1.29, 1.82) is 0 Å². The molecule has 1 saturated carbocycles. The Morgan fingerprint density at radius 3 is 2.75 bits per heavy atom. The fourth-order valence-electron chi connectivity index (χ4n) is 3.78. The Hall–Kier alpha value is -1.53. The first-order valence-electron chi connectivity index (χ1n) is 8.34. The van der Waals surface area contributed by atoms with Crippen LogP contribution in [0, 0.1) is 5.41 Å².